The molecule has 108 valence electrons. The van der Waals surface area contributed by atoms with Crippen molar-refractivity contribution in [2.24, 2.45) is 0 Å². The Morgan fingerprint density at radius 3 is 2.75 bits per heavy atom. The number of rotatable bonds is 4. The summed E-state index contributed by atoms with van der Waals surface area (Å²) in [5.74, 6) is 0.437. The molecule has 0 aliphatic rings. The van der Waals surface area contributed by atoms with Crippen LogP contribution in [0.4, 0.5) is 5.13 Å². The Labute approximate surface area is 121 Å². The molecule has 0 unspecified atom stereocenters. The summed E-state index contributed by atoms with van der Waals surface area (Å²) in [5.41, 5.74) is 0.637. The van der Waals surface area contributed by atoms with Crippen LogP contribution in [0, 0.1) is 0 Å². The standard InChI is InChI=1S/C13H18N4O2S/c1-13(2,3)9-6-16-11(19-9)10(18)15-5-8-7-20-12(14-4)17-8/h6-7H,5H2,1-4H3,(H,14,17)(H,15,18). The molecular formula is C13H18N4O2S. The van der Waals surface area contributed by atoms with Gasteiger partial charge in [-0.2, -0.15) is 0 Å². The number of oxazole rings is 1. The number of anilines is 1. The van der Waals surface area contributed by atoms with Gasteiger partial charge in [-0.05, 0) is 0 Å². The average Bonchev–Trinajstić information content (AvgIpc) is 3.04. The van der Waals surface area contributed by atoms with Crippen LogP contribution in [0.2, 0.25) is 0 Å². The Hall–Kier alpha value is -1.89. The molecule has 0 aromatic carbocycles. The molecule has 0 bridgehead atoms. The van der Waals surface area contributed by atoms with Gasteiger partial charge in [-0.3, -0.25) is 4.79 Å². The second kappa shape index (κ2) is 5.62. The lowest BCUT2D eigenvalue weighted by Crippen LogP contribution is -2.23. The molecule has 2 heterocycles. The van der Waals surface area contributed by atoms with E-state index in [1.54, 1.807) is 6.20 Å². The van der Waals surface area contributed by atoms with Gasteiger partial charge < -0.3 is 15.1 Å². The number of amides is 1. The molecule has 0 saturated carbocycles. The molecule has 0 atom stereocenters. The van der Waals surface area contributed by atoms with Gasteiger partial charge in [0.05, 0.1) is 18.4 Å². The van der Waals surface area contributed by atoms with Crippen molar-refractivity contribution in [3.63, 3.8) is 0 Å². The van der Waals surface area contributed by atoms with Crippen molar-refractivity contribution in [3.8, 4) is 0 Å². The minimum Gasteiger partial charge on any atom is -0.437 e. The van der Waals surface area contributed by atoms with Gasteiger partial charge in [0.15, 0.2) is 5.13 Å². The van der Waals surface area contributed by atoms with Crippen LogP contribution in [0.5, 0.6) is 0 Å². The molecule has 7 heteroatoms. The first-order valence-electron chi connectivity index (χ1n) is 6.27. The zero-order valence-electron chi connectivity index (χ0n) is 12.0. The highest BCUT2D eigenvalue weighted by Gasteiger charge is 2.21. The second-order valence-corrected chi connectivity index (χ2v) is 6.21. The molecule has 2 aromatic rings. The fraction of sp³-hybridized carbons (Fsp3) is 0.462. The number of hydrogen-bond acceptors (Lipinski definition) is 6. The van der Waals surface area contributed by atoms with E-state index in [4.69, 9.17) is 4.42 Å². The summed E-state index contributed by atoms with van der Waals surface area (Å²) < 4.78 is 5.47. The van der Waals surface area contributed by atoms with Crippen LogP contribution in [0.25, 0.3) is 0 Å². The monoisotopic (exact) mass is 294 g/mol. The first kappa shape index (κ1) is 14.5. The number of hydrogen-bond donors (Lipinski definition) is 2. The van der Waals surface area contributed by atoms with E-state index in [-0.39, 0.29) is 17.2 Å². The van der Waals surface area contributed by atoms with Crippen molar-refractivity contribution in [1.82, 2.24) is 15.3 Å². The fourth-order valence-corrected chi connectivity index (χ4v) is 2.15. The maximum Gasteiger partial charge on any atom is 0.307 e. The van der Waals surface area contributed by atoms with Gasteiger partial charge in [0, 0.05) is 17.8 Å². The molecule has 2 rings (SSSR count). The van der Waals surface area contributed by atoms with E-state index >= 15 is 0 Å². The van der Waals surface area contributed by atoms with Crippen molar-refractivity contribution in [2.45, 2.75) is 32.7 Å². The molecule has 0 spiro atoms. The summed E-state index contributed by atoms with van der Waals surface area (Å²) in [7, 11) is 1.81. The third-order valence-electron chi connectivity index (χ3n) is 2.63. The van der Waals surface area contributed by atoms with E-state index in [0.717, 1.165) is 10.8 Å². The molecule has 0 radical (unpaired) electrons. The zero-order chi connectivity index (χ0) is 14.8. The van der Waals surface area contributed by atoms with Crippen molar-refractivity contribution >= 4 is 22.4 Å². The van der Waals surface area contributed by atoms with Gasteiger partial charge >= 0.3 is 5.91 Å². The molecule has 1 amide bonds. The van der Waals surface area contributed by atoms with Crippen LogP contribution in [0.15, 0.2) is 16.0 Å². The van der Waals surface area contributed by atoms with Crippen LogP contribution in [0.3, 0.4) is 0 Å². The maximum absolute atomic E-state index is 11.9. The van der Waals surface area contributed by atoms with Gasteiger partial charge in [-0.15, -0.1) is 11.3 Å². The summed E-state index contributed by atoms with van der Waals surface area (Å²) in [5, 5.41) is 8.40. The summed E-state index contributed by atoms with van der Waals surface area (Å²) >= 11 is 1.49. The van der Waals surface area contributed by atoms with Crippen LogP contribution in [0.1, 0.15) is 42.9 Å². The number of nitrogens with zero attached hydrogens (tertiary/aromatic N) is 2. The number of nitrogens with one attached hydrogen (secondary N) is 2. The van der Waals surface area contributed by atoms with Crippen LogP contribution in [-0.2, 0) is 12.0 Å². The van der Waals surface area contributed by atoms with Crippen molar-refractivity contribution in [1.29, 1.82) is 0 Å². The topological polar surface area (TPSA) is 80.0 Å². The highest BCUT2D eigenvalue weighted by atomic mass is 32.1. The normalized spacial score (nSPS) is 11.4. The van der Waals surface area contributed by atoms with Crippen LogP contribution >= 0.6 is 11.3 Å². The summed E-state index contributed by atoms with van der Waals surface area (Å²) in [6.45, 7) is 6.36. The number of carbonyl (C=O) groups excluding carboxylic acids is 1. The highest BCUT2D eigenvalue weighted by molar-refractivity contribution is 7.13. The smallest absolute Gasteiger partial charge is 0.307 e. The molecule has 0 aliphatic carbocycles. The van der Waals surface area contributed by atoms with Gasteiger partial charge in [0.1, 0.15) is 5.76 Å². The SMILES string of the molecule is CNc1nc(CNC(=O)c2ncc(C(C)(C)C)o2)cs1. The summed E-state index contributed by atoms with van der Waals surface area (Å²) in [4.78, 5) is 20.2. The second-order valence-electron chi connectivity index (χ2n) is 5.36. The molecule has 2 N–H and O–H groups in total. The quantitative estimate of drug-likeness (QED) is 0.905. The lowest BCUT2D eigenvalue weighted by Gasteiger charge is -2.12. The van der Waals surface area contributed by atoms with Gasteiger partial charge in [0.2, 0.25) is 0 Å². The van der Waals surface area contributed by atoms with Gasteiger partial charge in [-0.25, -0.2) is 9.97 Å². The molecule has 0 saturated heterocycles. The molecular weight excluding hydrogens is 276 g/mol. The Balaban J connectivity index is 1.96. The largest absolute Gasteiger partial charge is 0.437 e. The Kier molecular flexibility index (Phi) is 4.08. The minimum atomic E-state index is -0.334. The lowest BCUT2D eigenvalue weighted by atomic mass is 9.94. The number of carbonyl (C=O) groups is 1. The van der Waals surface area contributed by atoms with Crippen molar-refractivity contribution in [3.05, 3.63) is 28.9 Å². The van der Waals surface area contributed by atoms with Crippen molar-refractivity contribution < 1.29 is 9.21 Å². The van der Waals surface area contributed by atoms with E-state index in [0.29, 0.717) is 12.3 Å². The van der Waals surface area contributed by atoms with E-state index in [2.05, 4.69) is 20.6 Å². The third kappa shape index (κ3) is 3.36. The highest BCUT2D eigenvalue weighted by Crippen LogP contribution is 2.22. The maximum atomic E-state index is 11.9. The number of aromatic nitrogens is 2. The zero-order valence-corrected chi connectivity index (χ0v) is 12.8. The van der Waals surface area contributed by atoms with Crippen molar-refractivity contribution in [2.75, 3.05) is 12.4 Å². The Bertz CT molecular complexity index is 598. The predicted octanol–water partition coefficient (Wildman–Crippen LogP) is 2.40. The molecule has 6 nitrogen and oxygen atoms in total. The first-order chi connectivity index (χ1) is 9.40. The van der Waals surface area contributed by atoms with Crippen LogP contribution < -0.4 is 10.6 Å². The molecule has 2 aromatic heterocycles. The average molecular weight is 294 g/mol. The first-order valence-corrected chi connectivity index (χ1v) is 7.15. The predicted molar refractivity (Wildman–Crippen MR) is 78.0 cm³/mol. The molecule has 20 heavy (non-hydrogen) atoms. The third-order valence-corrected chi connectivity index (χ3v) is 3.54. The number of thiazole rings is 1. The Morgan fingerprint density at radius 1 is 1.45 bits per heavy atom. The fourth-order valence-electron chi connectivity index (χ4n) is 1.48. The Morgan fingerprint density at radius 2 is 2.20 bits per heavy atom. The summed E-state index contributed by atoms with van der Waals surface area (Å²) in [6.07, 6.45) is 1.59. The lowest BCUT2D eigenvalue weighted by molar-refractivity contribution is 0.0912. The van der Waals surface area contributed by atoms with Gasteiger partial charge in [-0.1, -0.05) is 20.8 Å². The van der Waals surface area contributed by atoms with Crippen LogP contribution in [-0.4, -0.2) is 22.9 Å². The van der Waals surface area contributed by atoms with E-state index in [1.165, 1.54) is 11.3 Å². The summed E-state index contributed by atoms with van der Waals surface area (Å²) in [6, 6.07) is 0. The minimum absolute atomic E-state index is 0.0824. The van der Waals surface area contributed by atoms with Gasteiger partial charge in [0.25, 0.3) is 5.89 Å². The molecule has 0 aliphatic heterocycles. The van der Waals surface area contributed by atoms with E-state index in [9.17, 15) is 4.79 Å². The molecule has 0 fully saturated rings. The van der Waals surface area contributed by atoms with E-state index < -0.39 is 0 Å². The van der Waals surface area contributed by atoms with E-state index in [1.807, 2.05) is 33.2 Å².